The number of alkyl halides is 1. The van der Waals surface area contributed by atoms with Gasteiger partial charge in [0.15, 0.2) is 0 Å². The lowest BCUT2D eigenvalue weighted by Gasteiger charge is -2.33. The van der Waals surface area contributed by atoms with Crippen molar-refractivity contribution < 1.29 is 14.0 Å². The van der Waals surface area contributed by atoms with Crippen molar-refractivity contribution in [2.24, 2.45) is 0 Å². The second-order valence-electron chi connectivity index (χ2n) is 10.3. The summed E-state index contributed by atoms with van der Waals surface area (Å²) in [6.07, 6.45) is 0.347. The lowest BCUT2D eigenvalue weighted by Crippen LogP contribution is -2.52. The summed E-state index contributed by atoms with van der Waals surface area (Å²) in [5, 5.41) is 3.12. The molecule has 0 unspecified atom stereocenters. The summed E-state index contributed by atoms with van der Waals surface area (Å²) >= 11 is 0. The molecule has 0 spiro atoms. The SMILES string of the molecule is CC(C)c1ccc([C@@H](NC(=O)[C@@H]2C[C@@H](F)CN2C(=O)C(C)(C)c2ccccn2)c2ccccc2)cc1. The predicted octanol–water partition coefficient (Wildman–Crippen LogP) is 5.33. The fourth-order valence-electron chi connectivity index (χ4n) is 4.78. The molecule has 0 radical (unpaired) electrons. The molecule has 1 N–H and O–H groups in total. The molecular formula is C30H34FN3O2. The highest BCUT2D eigenvalue weighted by molar-refractivity contribution is 5.93. The van der Waals surface area contributed by atoms with E-state index in [2.05, 4.69) is 36.3 Å². The number of amides is 2. The Kier molecular flexibility index (Phi) is 7.53. The number of pyridine rings is 1. The molecule has 3 atom stereocenters. The number of halogens is 1. The van der Waals surface area contributed by atoms with Crippen LogP contribution < -0.4 is 5.32 Å². The van der Waals surface area contributed by atoms with E-state index in [-0.39, 0.29) is 24.8 Å². The van der Waals surface area contributed by atoms with Crippen molar-refractivity contribution in [1.82, 2.24) is 15.2 Å². The first-order valence-electron chi connectivity index (χ1n) is 12.5. The maximum atomic E-state index is 14.6. The van der Waals surface area contributed by atoms with Crippen LogP contribution in [0.1, 0.15) is 68.5 Å². The largest absolute Gasteiger partial charge is 0.343 e. The molecule has 0 saturated carbocycles. The molecule has 0 bridgehead atoms. The standard InChI is InChI=1S/C30H34FN3O2/c1-20(2)21-13-15-23(16-14-21)27(22-10-6-5-7-11-22)33-28(35)25-18-24(31)19-34(25)29(36)30(3,4)26-12-8-9-17-32-26/h5-17,20,24-25,27H,18-19H2,1-4H3,(H,33,35)/t24-,25+,27+/m1/s1. The maximum Gasteiger partial charge on any atom is 0.243 e. The number of aromatic nitrogens is 1. The first-order chi connectivity index (χ1) is 17.2. The third-order valence-electron chi connectivity index (χ3n) is 7.01. The number of nitrogens with zero attached hydrogens (tertiary/aromatic N) is 2. The highest BCUT2D eigenvalue weighted by Gasteiger charge is 2.45. The van der Waals surface area contributed by atoms with Crippen LogP contribution in [0.3, 0.4) is 0 Å². The minimum atomic E-state index is -1.26. The highest BCUT2D eigenvalue weighted by Crippen LogP contribution is 2.31. The molecule has 1 aliphatic rings. The van der Waals surface area contributed by atoms with Gasteiger partial charge in [0.25, 0.3) is 0 Å². The summed E-state index contributed by atoms with van der Waals surface area (Å²) in [5.41, 5.74) is 2.66. The summed E-state index contributed by atoms with van der Waals surface area (Å²) < 4.78 is 14.6. The van der Waals surface area contributed by atoms with E-state index in [1.165, 1.54) is 10.5 Å². The Balaban J connectivity index is 1.61. The predicted molar refractivity (Wildman–Crippen MR) is 139 cm³/mol. The van der Waals surface area contributed by atoms with Gasteiger partial charge in [-0.3, -0.25) is 14.6 Å². The molecule has 0 aliphatic carbocycles. The number of likely N-dealkylation sites (tertiary alicyclic amines) is 1. The Morgan fingerprint density at radius 2 is 1.56 bits per heavy atom. The average molecular weight is 488 g/mol. The second kappa shape index (κ2) is 10.6. The first-order valence-corrected chi connectivity index (χ1v) is 12.5. The van der Waals surface area contributed by atoms with Crippen molar-refractivity contribution in [2.45, 2.75) is 63.7 Å². The van der Waals surface area contributed by atoms with E-state index in [1.54, 1.807) is 32.2 Å². The van der Waals surface area contributed by atoms with Crippen LogP contribution in [0.25, 0.3) is 0 Å². The summed E-state index contributed by atoms with van der Waals surface area (Å²) in [6.45, 7) is 7.70. The number of rotatable bonds is 7. The molecule has 1 saturated heterocycles. The molecule has 1 aromatic heterocycles. The molecule has 1 aliphatic heterocycles. The van der Waals surface area contributed by atoms with Gasteiger partial charge in [0.1, 0.15) is 12.2 Å². The lowest BCUT2D eigenvalue weighted by molar-refractivity contribution is -0.142. The molecule has 3 aromatic rings. The van der Waals surface area contributed by atoms with Crippen LogP contribution in [0.2, 0.25) is 0 Å². The maximum absolute atomic E-state index is 14.6. The number of benzene rings is 2. The third-order valence-corrected chi connectivity index (χ3v) is 7.01. The van der Waals surface area contributed by atoms with Crippen LogP contribution in [-0.4, -0.2) is 40.5 Å². The summed E-state index contributed by atoms with van der Waals surface area (Å²) in [6, 6.07) is 21.9. The van der Waals surface area contributed by atoms with Crippen molar-refractivity contribution in [3.8, 4) is 0 Å². The Labute approximate surface area is 212 Å². The Hall–Kier alpha value is -3.54. The minimum absolute atomic E-state index is 0.0241. The average Bonchev–Trinajstić information content (AvgIpc) is 3.29. The number of hydrogen-bond acceptors (Lipinski definition) is 3. The second-order valence-corrected chi connectivity index (χ2v) is 10.3. The molecular weight excluding hydrogens is 453 g/mol. The zero-order valence-corrected chi connectivity index (χ0v) is 21.3. The Morgan fingerprint density at radius 3 is 2.17 bits per heavy atom. The lowest BCUT2D eigenvalue weighted by atomic mass is 9.86. The van der Waals surface area contributed by atoms with Gasteiger partial charge in [0.05, 0.1) is 23.7 Å². The monoisotopic (exact) mass is 487 g/mol. The quantitative estimate of drug-likeness (QED) is 0.490. The molecule has 2 amide bonds. The van der Waals surface area contributed by atoms with Crippen molar-refractivity contribution in [1.29, 1.82) is 0 Å². The molecule has 5 nitrogen and oxygen atoms in total. The van der Waals surface area contributed by atoms with Gasteiger partial charge in [-0.1, -0.05) is 74.5 Å². The fourth-order valence-corrected chi connectivity index (χ4v) is 4.78. The van der Waals surface area contributed by atoms with E-state index in [9.17, 15) is 14.0 Å². The number of carbonyl (C=O) groups excluding carboxylic acids is 2. The minimum Gasteiger partial charge on any atom is -0.343 e. The Morgan fingerprint density at radius 1 is 0.944 bits per heavy atom. The van der Waals surface area contributed by atoms with Crippen LogP contribution in [0.15, 0.2) is 79.0 Å². The van der Waals surface area contributed by atoms with E-state index >= 15 is 0 Å². The number of nitrogens with one attached hydrogen (secondary N) is 1. The third kappa shape index (κ3) is 5.32. The Bertz CT molecular complexity index is 1180. The van der Waals surface area contributed by atoms with Gasteiger partial charge in [-0.25, -0.2) is 4.39 Å². The number of carbonyl (C=O) groups is 2. The zero-order chi connectivity index (χ0) is 25.9. The van der Waals surface area contributed by atoms with Crippen molar-refractivity contribution in [3.63, 3.8) is 0 Å². The van der Waals surface area contributed by atoms with Gasteiger partial charge in [0, 0.05) is 12.6 Å². The highest BCUT2D eigenvalue weighted by atomic mass is 19.1. The van der Waals surface area contributed by atoms with Crippen LogP contribution in [-0.2, 0) is 15.0 Å². The van der Waals surface area contributed by atoms with Gasteiger partial charge >= 0.3 is 0 Å². The normalized spacial score (nSPS) is 18.8. The van der Waals surface area contributed by atoms with Crippen LogP contribution >= 0.6 is 0 Å². The van der Waals surface area contributed by atoms with Gasteiger partial charge in [0.2, 0.25) is 11.8 Å². The van der Waals surface area contributed by atoms with Gasteiger partial charge in [-0.15, -0.1) is 0 Å². The molecule has 1 fully saturated rings. The van der Waals surface area contributed by atoms with E-state index in [0.29, 0.717) is 11.6 Å². The van der Waals surface area contributed by atoms with Crippen molar-refractivity contribution in [3.05, 3.63) is 101 Å². The van der Waals surface area contributed by atoms with Crippen LogP contribution in [0.5, 0.6) is 0 Å². The van der Waals surface area contributed by atoms with E-state index < -0.39 is 23.7 Å². The molecule has 6 heteroatoms. The number of hydrogen-bond donors (Lipinski definition) is 1. The fraction of sp³-hybridized carbons (Fsp3) is 0.367. The van der Waals surface area contributed by atoms with E-state index in [4.69, 9.17) is 0 Å². The molecule has 2 heterocycles. The van der Waals surface area contributed by atoms with Crippen LogP contribution in [0.4, 0.5) is 4.39 Å². The summed E-state index contributed by atoms with van der Waals surface area (Å²) in [4.78, 5) is 32.9. The van der Waals surface area contributed by atoms with Crippen molar-refractivity contribution >= 4 is 11.8 Å². The first kappa shape index (κ1) is 25.5. The van der Waals surface area contributed by atoms with E-state index in [1.807, 2.05) is 48.5 Å². The van der Waals surface area contributed by atoms with Gasteiger partial charge < -0.3 is 10.2 Å². The molecule has 188 valence electrons. The van der Waals surface area contributed by atoms with E-state index in [0.717, 1.165) is 11.1 Å². The summed E-state index contributed by atoms with van der Waals surface area (Å²) in [5.74, 6) is -0.271. The van der Waals surface area contributed by atoms with Crippen LogP contribution in [0, 0.1) is 0 Å². The topological polar surface area (TPSA) is 62.3 Å². The molecule has 36 heavy (non-hydrogen) atoms. The smallest absolute Gasteiger partial charge is 0.243 e. The van der Waals surface area contributed by atoms with Crippen molar-refractivity contribution in [2.75, 3.05) is 6.54 Å². The summed E-state index contributed by atoms with van der Waals surface area (Å²) in [7, 11) is 0. The molecule has 2 aromatic carbocycles. The zero-order valence-electron chi connectivity index (χ0n) is 21.3. The van der Waals surface area contributed by atoms with Gasteiger partial charge in [-0.05, 0) is 48.6 Å². The van der Waals surface area contributed by atoms with Gasteiger partial charge in [-0.2, -0.15) is 0 Å². The molecule has 4 rings (SSSR count).